The fourth-order valence-corrected chi connectivity index (χ4v) is 6.30. The highest BCUT2D eigenvalue weighted by Crippen LogP contribution is 2.37. The molecule has 0 spiro atoms. The quantitative estimate of drug-likeness (QED) is 0.812. The van der Waals surface area contributed by atoms with Crippen LogP contribution in [-0.2, 0) is 14.8 Å². The summed E-state index contributed by atoms with van der Waals surface area (Å²) in [7, 11) is -3.70. The summed E-state index contributed by atoms with van der Waals surface area (Å²) in [6.45, 7) is 6.08. The summed E-state index contributed by atoms with van der Waals surface area (Å²) < 4.78 is 28.8. The number of hydrogen-bond acceptors (Lipinski definition) is 5. The van der Waals surface area contributed by atoms with Crippen molar-refractivity contribution in [2.45, 2.75) is 36.6 Å². The number of benzene rings is 1. The van der Waals surface area contributed by atoms with Crippen LogP contribution in [-0.4, -0.2) is 26.6 Å². The molecule has 1 aromatic heterocycles. The molecule has 140 valence electrons. The van der Waals surface area contributed by atoms with Crippen molar-refractivity contribution in [3.8, 4) is 0 Å². The van der Waals surface area contributed by atoms with Gasteiger partial charge in [0.05, 0.1) is 16.6 Å². The molecule has 0 aliphatic carbocycles. The van der Waals surface area contributed by atoms with E-state index in [1.54, 1.807) is 34.9 Å². The zero-order valence-corrected chi connectivity index (χ0v) is 17.4. The van der Waals surface area contributed by atoms with Crippen LogP contribution < -0.4 is 9.62 Å². The first-order valence-corrected chi connectivity index (χ1v) is 11.7. The van der Waals surface area contributed by atoms with Crippen molar-refractivity contribution in [1.82, 2.24) is 4.72 Å². The van der Waals surface area contributed by atoms with Crippen LogP contribution in [0.1, 0.15) is 31.7 Å². The minimum absolute atomic E-state index is 0.0762. The fraction of sp³-hybridized carbons (Fsp3) is 0.389. The largest absolute Gasteiger partial charge is 0.311 e. The first-order valence-electron chi connectivity index (χ1n) is 8.40. The molecule has 0 unspecified atom stereocenters. The summed E-state index contributed by atoms with van der Waals surface area (Å²) in [6.07, 6.45) is 0. The van der Waals surface area contributed by atoms with Gasteiger partial charge in [-0.25, -0.2) is 13.1 Å². The van der Waals surface area contributed by atoms with Crippen LogP contribution in [0.4, 0.5) is 5.69 Å². The number of fused-ring (bicyclic) bond motifs is 1. The van der Waals surface area contributed by atoms with Crippen LogP contribution in [0, 0.1) is 5.92 Å². The average Bonchev–Trinajstić information content (AvgIpc) is 3.12. The molecule has 2 heterocycles. The standard InChI is InChI=1S/C18H22N2O3S3/c1-12(2)18(17-5-4-9-24-17)19-26(22,23)14-6-7-16-15(11-14)20(13(3)21)8-10-25-16/h4-7,9,11-12,18-19H,8,10H2,1-3H3/t18-/m0/s1. The van der Waals surface area contributed by atoms with E-state index in [4.69, 9.17) is 0 Å². The molecule has 1 N–H and O–H groups in total. The van der Waals surface area contributed by atoms with Gasteiger partial charge in [-0.3, -0.25) is 4.79 Å². The Morgan fingerprint density at radius 3 is 2.65 bits per heavy atom. The average molecular weight is 411 g/mol. The highest BCUT2D eigenvalue weighted by Gasteiger charge is 2.27. The highest BCUT2D eigenvalue weighted by atomic mass is 32.2. The number of nitrogens with one attached hydrogen (secondary N) is 1. The van der Waals surface area contributed by atoms with Crippen LogP contribution in [0.3, 0.4) is 0 Å². The predicted octanol–water partition coefficient (Wildman–Crippen LogP) is 3.88. The zero-order chi connectivity index (χ0) is 18.9. The third kappa shape index (κ3) is 3.98. The van der Waals surface area contributed by atoms with Crippen LogP contribution >= 0.6 is 23.1 Å². The van der Waals surface area contributed by atoms with Gasteiger partial charge in [0.2, 0.25) is 15.9 Å². The highest BCUT2D eigenvalue weighted by molar-refractivity contribution is 7.99. The van der Waals surface area contributed by atoms with E-state index in [9.17, 15) is 13.2 Å². The normalized spacial score (nSPS) is 15.8. The number of thioether (sulfide) groups is 1. The molecule has 0 saturated carbocycles. The van der Waals surface area contributed by atoms with Crippen molar-refractivity contribution in [3.05, 3.63) is 40.6 Å². The van der Waals surface area contributed by atoms with E-state index in [2.05, 4.69) is 4.72 Å². The number of thiophene rings is 1. The lowest BCUT2D eigenvalue weighted by Crippen LogP contribution is -2.34. The van der Waals surface area contributed by atoms with E-state index in [0.29, 0.717) is 12.2 Å². The Morgan fingerprint density at radius 2 is 2.04 bits per heavy atom. The Labute approximate surface area is 162 Å². The molecule has 1 aliphatic rings. The van der Waals surface area contributed by atoms with Gasteiger partial charge in [-0.05, 0) is 35.6 Å². The van der Waals surface area contributed by atoms with Gasteiger partial charge in [-0.15, -0.1) is 23.1 Å². The molecule has 2 aromatic rings. The molecule has 1 atom stereocenters. The Bertz CT molecular complexity index is 892. The number of anilines is 1. The molecule has 1 amide bonds. The van der Waals surface area contributed by atoms with Gasteiger partial charge in [-0.2, -0.15) is 0 Å². The van der Waals surface area contributed by atoms with E-state index >= 15 is 0 Å². The number of carbonyl (C=O) groups is 1. The number of hydrogen-bond donors (Lipinski definition) is 1. The molecule has 1 aliphatic heterocycles. The first-order chi connectivity index (χ1) is 12.3. The first kappa shape index (κ1) is 19.4. The third-order valence-corrected chi connectivity index (χ3v) is 7.72. The monoisotopic (exact) mass is 410 g/mol. The Hall–Kier alpha value is -1.35. The lowest BCUT2D eigenvalue weighted by Gasteiger charge is -2.28. The van der Waals surface area contributed by atoms with Crippen molar-refractivity contribution in [2.75, 3.05) is 17.2 Å². The zero-order valence-electron chi connectivity index (χ0n) is 14.9. The molecule has 0 fully saturated rings. The van der Waals surface area contributed by atoms with Crippen LogP contribution in [0.5, 0.6) is 0 Å². The third-order valence-electron chi connectivity index (χ3n) is 4.28. The maximum atomic E-state index is 13.0. The molecule has 0 radical (unpaired) electrons. The summed E-state index contributed by atoms with van der Waals surface area (Å²) in [5.74, 6) is 0.850. The van der Waals surface area contributed by atoms with E-state index in [0.717, 1.165) is 15.5 Å². The molecule has 26 heavy (non-hydrogen) atoms. The second-order valence-corrected chi connectivity index (χ2v) is 10.3. The Balaban J connectivity index is 1.95. The van der Waals surface area contributed by atoms with E-state index < -0.39 is 10.0 Å². The predicted molar refractivity (Wildman–Crippen MR) is 107 cm³/mol. The minimum atomic E-state index is -3.70. The molecular weight excluding hydrogens is 388 g/mol. The molecule has 5 nitrogen and oxygen atoms in total. The molecule has 8 heteroatoms. The molecule has 0 bridgehead atoms. The maximum Gasteiger partial charge on any atom is 0.241 e. The van der Waals surface area contributed by atoms with Gasteiger partial charge in [-0.1, -0.05) is 19.9 Å². The van der Waals surface area contributed by atoms with Crippen molar-refractivity contribution in [1.29, 1.82) is 0 Å². The summed E-state index contributed by atoms with van der Waals surface area (Å²) in [6, 6.07) is 8.60. The minimum Gasteiger partial charge on any atom is -0.311 e. The second kappa shape index (κ2) is 7.72. The van der Waals surface area contributed by atoms with Gasteiger partial charge in [0, 0.05) is 29.0 Å². The SMILES string of the molecule is CC(=O)N1CCSc2ccc(S(=O)(=O)N[C@H](c3cccs3)C(C)C)cc21. The molecule has 3 rings (SSSR count). The van der Waals surface area contributed by atoms with Gasteiger partial charge in [0.1, 0.15) is 0 Å². The fourth-order valence-electron chi connectivity index (χ4n) is 2.92. The van der Waals surface area contributed by atoms with Gasteiger partial charge < -0.3 is 4.90 Å². The number of amides is 1. The number of nitrogens with zero attached hydrogens (tertiary/aromatic N) is 1. The van der Waals surface area contributed by atoms with E-state index in [-0.39, 0.29) is 22.8 Å². The summed E-state index contributed by atoms with van der Waals surface area (Å²) in [5.41, 5.74) is 0.675. The summed E-state index contributed by atoms with van der Waals surface area (Å²) in [5, 5.41) is 1.94. The molecular formula is C18H22N2O3S3. The lowest BCUT2D eigenvalue weighted by atomic mass is 10.0. The van der Waals surface area contributed by atoms with Crippen LogP contribution in [0.15, 0.2) is 45.5 Å². The number of rotatable bonds is 5. The van der Waals surface area contributed by atoms with Gasteiger partial charge in [0.15, 0.2) is 0 Å². The van der Waals surface area contributed by atoms with Gasteiger partial charge in [0.25, 0.3) is 0 Å². The van der Waals surface area contributed by atoms with Crippen LogP contribution in [0.25, 0.3) is 0 Å². The number of carbonyl (C=O) groups excluding carboxylic acids is 1. The Morgan fingerprint density at radius 1 is 1.27 bits per heavy atom. The van der Waals surface area contributed by atoms with Crippen molar-refractivity contribution >= 4 is 44.7 Å². The van der Waals surface area contributed by atoms with Crippen molar-refractivity contribution < 1.29 is 13.2 Å². The van der Waals surface area contributed by atoms with Gasteiger partial charge >= 0.3 is 0 Å². The van der Waals surface area contributed by atoms with E-state index in [1.165, 1.54) is 18.3 Å². The second-order valence-electron chi connectivity index (χ2n) is 6.51. The van der Waals surface area contributed by atoms with Crippen molar-refractivity contribution in [3.63, 3.8) is 0 Å². The number of sulfonamides is 1. The summed E-state index contributed by atoms with van der Waals surface area (Å²) >= 11 is 3.18. The maximum absolute atomic E-state index is 13.0. The summed E-state index contributed by atoms with van der Waals surface area (Å²) in [4.78, 5) is 15.7. The lowest BCUT2D eigenvalue weighted by molar-refractivity contribution is -0.116. The smallest absolute Gasteiger partial charge is 0.241 e. The topological polar surface area (TPSA) is 66.5 Å². The van der Waals surface area contributed by atoms with Crippen molar-refractivity contribution in [2.24, 2.45) is 5.92 Å². The Kier molecular flexibility index (Phi) is 5.76. The van der Waals surface area contributed by atoms with Crippen LogP contribution in [0.2, 0.25) is 0 Å². The molecule has 1 aromatic carbocycles. The van der Waals surface area contributed by atoms with E-state index in [1.807, 2.05) is 31.4 Å². The molecule has 0 saturated heterocycles.